The summed E-state index contributed by atoms with van der Waals surface area (Å²) in [4.78, 5) is 10.5. The molecule has 0 unspecified atom stereocenters. The van der Waals surface area contributed by atoms with Crippen LogP contribution in [0.3, 0.4) is 0 Å². The van der Waals surface area contributed by atoms with Crippen LogP contribution in [0.1, 0.15) is 35.7 Å². The summed E-state index contributed by atoms with van der Waals surface area (Å²) in [6, 6.07) is 2.88. The molecule has 13 heavy (non-hydrogen) atoms. The molecule has 0 aliphatic rings. The number of halogens is 2. The summed E-state index contributed by atoms with van der Waals surface area (Å²) < 4.78 is 13.0. The van der Waals surface area contributed by atoms with E-state index in [0.717, 1.165) is 5.56 Å². The largest absolute Gasteiger partial charge is 0.298 e. The molecule has 0 bridgehead atoms. The first kappa shape index (κ1) is 10.2. The zero-order valence-corrected chi connectivity index (χ0v) is 8.23. The second-order valence-electron chi connectivity index (χ2n) is 3.14. The predicted octanol–water partition coefficient (Wildman–Crippen LogP) is 3.42. The number of aldehydes is 1. The maximum Gasteiger partial charge on any atom is 0.154 e. The highest BCUT2D eigenvalue weighted by Crippen LogP contribution is 2.28. The van der Waals surface area contributed by atoms with E-state index < -0.39 is 5.82 Å². The Balaban J connectivity index is 3.35. The fourth-order valence-corrected chi connectivity index (χ4v) is 1.56. The molecule has 0 aromatic heterocycles. The Bertz CT molecular complexity index is 334. The van der Waals surface area contributed by atoms with Gasteiger partial charge in [0.25, 0.3) is 0 Å². The summed E-state index contributed by atoms with van der Waals surface area (Å²) in [5, 5.41) is 0.227. The van der Waals surface area contributed by atoms with Crippen molar-refractivity contribution in [3.63, 3.8) is 0 Å². The summed E-state index contributed by atoms with van der Waals surface area (Å²) in [7, 11) is 0. The number of rotatable bonds is 2. The molecule has 0 fully saturated rings. The van der Waals surface area contributed by atoms with E-state index >= 15 is 0 Å². The number of hydrogen-bond donors (Lipinski definition) is 0. The number of hydrogen-bond acceptors (Lipinski definition) is 1. The first-order valence-electron chi connectivity index (χ1n) is 4.01. The molecule has 0 saturated carbocycles. The summed E-state index contributed by atoms with van der Waals surface area (Å²) in [5.41, 5.74) is 0.748. The predicted molar refractivity (Wildman–Crippen MR) is 50.9 cm³/mol. The highest BCUT2D eigenvalue weighted by Gasteiger charge is 2.12. The van der Waals surface area contributed by atoms with Gasteiger partial charge in [0, 0.05) is 0 Å². The highest BCUT2D eigenvalue weighted by molar-refractivity contribution is 6.33. The van der Waals surface area contributed by atoms with Crippen LogP contribution in [-0.2, 0) is 0 Å². The molecular weight excluding hydrogens is 191 g/mol. The fourth-order valence-electron chi connectivity index (χ4n) is 1.14. The minimum Gasteiger partial charge on any atom is -0.298 e. The van der Waals surface area contributed by atoms with Gasteiger partial charge in [-0.05, 0) is 17.5 Å². The van der Waals surface area contributed by atoms with Crippen molar-refractivity contribution in [2.45, 2.75) is 19.8 Å². The first-order chi connectivity index (χ1) is 6.07. The molecule has 0 atom stereocenters. The lowest BCUT2D eigenvalue weighted by Crippen LogP contribution is -1.96. The van der Waals surface area contributed by atoms with Crippen molar-refractivity contribution in [2.24, 2.45) is 0 Å². The van der Waals surface area contributed by atoms with Crippen LogP contribution in [0.25, 0.3) is 0 Å². The SMILES string of the molecule is CC(C)c1ccc(F)c(C=O)c1Cl. The first-order valence-corrected chi connectivity index (χ1v) is 4.38. The number of carbonyl (C=O) groups excluding carboxylic acids is 1. The van der Waals surface area contributed by atoms with E-state index in [1.807, 2.05) is 13.8 Å². The van der Waals surface area contributed by atoms with Crippen molar-refractivity contribution in [1.29, 1.82) is 0 Å². The molecule has 0 spiro atoms. The Kier molecular flexibility index (Phi) is 3.04. The molecule has 0 amide bonds. The van der Waals surface area contributed by atoms with Crippen molar-refractivity contribution in [3.8, 4) is 0 Å². The average molecular weight is 201 g/mol. The van der Waals surface area contributed by atoms with Crippen LogP contribution in [0.2, 0.25) is 5.02 Å². The van der Waals surface area contributed by atoms with E-state index in [1.54, 1.807) is 6.07 Å². The minimum absolute atomic E-state index is 0.0483. The molecule has 70 valence electrons. The lowest BCUT2D eigenvalue weighted by Gasteiger charge is -2.09. The molecule has 1 rings (SSSR count). The smallest absolute Gasteiger partial charge is 0.154 e. The fraction of sp³-hybridized carbons (Fsp3) is 0.300. The van der Waals surface area contributed by atoms with Gasteiger partial charge in [0.2, 0.25) is 0 Å². The third-order valence-electron chi connectivity index (χ3n) is 1.90. The van der Waals surface area contributed by atoms with Gasteiger partial charge in [-0.25, -0.2) is 4.39 Å². The van der Waals surface area contributed by atoms with Gasteiger partial charge in [-0.1, -0.05) is 31.5 Å². The van der Waals surface area contributed by atoms with Gasteiger partial charge in [-0.3, -0.25) is 4.79 Å². The summed E-state index contributed by atoms with van der Waals surface area (Å²) in [6.45, 7) is 3.88. The van der Waals surface area contributed by atoms with E-state index in [1.165, 1.54) is 6.07 Å². The summed E-state index contributed by atoms with van der Waals surface area (Å²) in [5.74, 6) is -0.379. The lowest BCUT2D eigenvalue weighted by molar-refractivity contribution is 0.112. The standard InChI is InChI=1S/C10H10ClFO/c1-6(2)7-3-4-9(12)8(5-13)10(7)11/h3-6H,1-2H3. The van der Waals surface area contributed by atoms with E-state index in [-0.39, 0.29) is 16.5 Å². The molecule has 1 nitrogen and oxygen atoms in total. The van der Waals surface area contributed by atoms with Crippen molar-refractivity contribution >= 4 is 17.9 Å². The van der Waals surface area contributed by atoms with E-state index in [0.29, 0.717) is 6.29 Å². The molecule has 0 aliphatic carbocycles. The van der Waals surface area contributed by atoms with Crippen molar-refractivity contribution in [3.05, 3.63) is 34.1 Å². The van der Waals surface area contributed by atoms with Gasteiger partial charge in [0.15, 0.2) is 6.29 Å². The monoisotopic (exact) mass is 200 g/mol. The molecule has 3 heteroatoms. The van der Waals surface area contributed by atoms with Crippen molar-refractivity contribution < 1.29 is 9.18 Å². The zero-order chi connectivity index (χ0) is 10.0. The van der Waals surface area contributed by atoms with Crippen LogP contribution in [0.15, 0.2) is 12.1 Å². The number of carbonyl (C=O) groups is 1. The van der Waals surface area contributed by atoms with Crippen LogP contribution in [0.4, 0.5) is 4.39 Å². The Morgan fingerprint density at radius 3 is 2.54 bits per heavy atom. The van der Waals surface area contributed by atoms with E-state index in [9.17, 15) is 9.18 Å². The van der Waals surface area contributed by atoms with Gasteiger partial charge in [0.05, 0.1) is 10.6 Å². The van der Waals surface area contributed by atoms with Gasteiger partial charge >= 0.3 is 0 Å². The minimum atomic E-state index is -0.565. The van der Waals surface area contributed by atoms with Gasteiger partial charge in [-0.2, -0.15) is 0 Å². The lowest BCUT2D eigenvalue weighted by atomic mass is 10.0. The Hall–Kier alpha value is -0.890. The quantitative estimate of drug-likeness (QED) is 0.669. The maximum absolute atomic E-state index is 13.0. The molecular formula is C10H10ClFO. The van der Waals surface area contributed by atoms with E-state index in [4.69, 9.17) is 11.6 Å². The topological polar surface area (TPSA) is 17.1 Å². The number of benzene rings is 1. The van der Waals surface area contributed by atoms with Gasteiger partial charge in [-0.15, -0.1) is 0 Å². The molecule has 0 heterocycles. The molecule has 0 saturated heterocycles. The van der Waals surface area contributed by atoms with E-state index in [2.05, 4.69) is 0 Å². The Morgan fingerprint density at radius 1 is 1.46 bits per heavy atom. The zero-order valence-electron chi connectivity index (χ0n) is 7.47. The van der Waals surface area contributed by atoms with Gasteiger partial charge < -0.3 is 0 Å². The molecule has 1 aromatic rings. The van der Waals surface area contributed by atoms with Crippen LogP contribution in [0.5, 0.6) is 0 Å². The molecule has 1 aromatic carbocycles. The van der Waals surface area contributed by atoms with Crippen LogP contribution in [0, 0.1) is 5.82 Å². The Morgan fingerprint density at radius 2 is 2.08 bits per heavy atom. The average Bonchev–Trinajstić information content (AvgIpc) is 2.04. The van der Waals surface area contributed by atoms with Crippen LogP contribution >= 0.6 is 11.6 Å². The highest BCUT2D eigenvalue weighted by atomic mass is 35.5. The maximum atomic E-state index is 13.0. The third-order valence-corrected chi connectivity index (χ3v) is 2.32. The molecule has 0 radical (unpaired) electrons. The van der Waals surface area contributed by atoms with Crippen LogP contribution in [-0.4, -0.2) is 6.29 Å². The van der Waals surface area contributed by atoms with Crippen molar-refractivity contribution in [1.82, 2.24) is 0 Å². The summed E-state index contributed by atoms with van der Waals surface area (Å²) >= 11 is 5.84. The van der Waals surface area contributed by atoms with Crippen LogP contribution < -0.4 is 0 Å². The second-order valence-corrected chi connectivity index (χ2v) is 3.51. The second kappa shape index (κ2) is 3.88. The Labute approximate surface area is 81.5 Å². The molecule has 0 aliphatic heterocycles. The normalized spacial score (nSPS) is 10.5. The van der Waals surface area contributed by atoms with Crippen molar-refractivity contribution in [2.75, 3.05) is 0 Å². The van der Waals surface area contributed by atoms with Gasteiger partial charge in [0.1, 0.15) is 5.82 Å². The third kappa shape index (κ3) is 1.89. The summed E-state index contributed by atoms with van der Waals surface area (Å²) in [6.07, 6.45) is 0.448. The molecule has 0 N–H and O–H groups in total.